The Kier molecular flexibility index (Phi) is 6.49. The molecule has 0 fully saturated rings. The molecule has 0 saturated heterocycles. The largest absolute Gasteiger partial charge is 0.398 e. The Bertz CT molecular complexity index is 1350. The van der Waals surface area contributed by atoms with E-state index < -0.39 is 10.0 Å². The molecule has 0 radical (unpaired) electrons. The van der Waals surface area contributed by atoms with Crippen molar-refractivity contribution < 1.29 is 8.42 Å². The second kappa shape index (κ2) is 9.16. The first-order chi connectivity index (χ1) is 15.3. The van der Waals surface area contributed by atoms with E-state index in [4.69, 9.17) is 28.9 Å². The van der Waals surface area contributed by atoms with Gasteiger partial charge in [-0.2, -0.15) is 0 Å². The molecule has 0 amide bonds. The predicted octanol–water partition coefficient (Wildman–Crippen LogP) is 5.95. The number of hydrogen-bond donors (Lipinski definition) is 2. The molecular weight excluding hydrogens is 465 g/mol. The van der Waals surface area contributed by atoms with Crippen LogP contribution in [0.15, 0.2) is 77.8 Å². The van der Waals surface area contributed by atoms with Gasteiger partial charge in [-0.1, -0.05) is 78.7 Å². The third-order valence-electron chi connectivity index (χ3n) is 5.41. The summed E-state index contributed by atoms with van der Waals surface area (Å²) < 4.78 is 31.1. The minimum atomic E-state index is -3.95. The smallest absolute Gasteiger partial charge is 0.244 e. The zero-order chi connectivity index (χ0) is 22.9. The van der Waals surface area contributed by atoms with E-state index in [1.807, 2.05) is 43.3 Å². The van der Waals surface area contributed by atoms with E-state index in [1.54, 1.807) is 0 Å². The van der Waals surface area contributed by atoms with Gasteiger partial charge in [0.25, 0.3) is 0 Å². The number of nitrogen functional groups attached to an aromatic ring is 1. The average molecular weight is 488 g/mol. The van der Waals surface area contributed by atoms with Crippen molar-refractivity contribution in [1.82, 2.24) is 9.29 Å². The van der Waals surface area contributed by atoms with Crippen LogP contribution in [0, 0.1) is 0 Å². The minimum Gasteiger partial charge on any atom is -0.398 e. The molecule has 8 heteroatoms. The number of para-hydroxylation sites is 1. The van der Waals surface area contributed by atoms with Crippen LogP contribution in [0.1, 0.15) is 13.3 Å². The van der Waals surface area contributed by atoms with Crippen LogP contribution in [0.25, 0.3) is 22.0 Å². The Morgan fingerprint density at radius 1 is 1.03 bits per heavy atom. The van der Waals surface area contributed by atoms with Crippen LogP contribution < -0.4 is 10.5 Å². The summed E-state index contributed by atoms with van der Waals surface area (Å²) in [7, 11) is -3.95. The molecule has 0 aliphatic rings. The number of hydrogen-bond acceptors (Lipinski definition) is 3. The van der Waals surface area contributed by atoms with Crippen LogP contribution in [0.2, 0.25) is 10.0 Å². The van der Waals surface area contributed by atoms with E-state index in [-0.39, 0.29) is 26.7 Å². The van der Waals surface area contributed by atoms with Crippen LogP contribution in [0.5, 0.6) is 0 Å². The molecule has 5 nitrogen and oxygen atoms in total. The van der Waals surface area contributed by atoms with Crippen LogP contribution in [0.4, 0.5) is 5.69 Å². The summed E-state index contributed by atoms with van der Waals surface area (Å²) >= 11 is 12.1. The lowest BCUT2D eigenvalue weighted by molar-refractivity contribution is 0.492. The maximum Gasteiger partial charge on any atom is 0.244 e. The predicted molar refractivity (Wildman–Crippen MR) is 133 cm³/mol. The van der Waals surface area contributed by atoms with E-state index in [9.17, 15) is 8.42 Å². The minimum absolute atomic E-state index is 0.00451. The normalized spacial score (nSPS) is 12.8. The van der Waals surface area contributed by atoms with Crippen LogP contribution in [0.3, 0.4) is 0 Å². The Balaban J connectivity index is 1.68. The molecule has 0 spiro atoms. The molecule has 0 aliphatic heterocycles. The van der Waals surface area contributed by atoms with Gasteiger partial charge in [0.1, 0.15) is 4.90 Å². The average Bonchev–Trinajstić information content (AvgIpc) is 3.11. The monoisotopic (exact) mass is 487 g/mol. The zero-order valence-corrected chi connectivity index (χ0v) is 19.8. The maximum atomic E-state index is 13.1. The Labute approximate surface area is 197 Å². The maximum absolute atomic E-state index is 13.1. The van der Waals surface area contributed by atoms with Gasteiger partial charge in [0.2, 0.25) is 10.0 Å². The highest BCUT2D eigenvalue weighted by Crippen LogP contribution is 2.33. The van der Waals surface area contributed by atoms with Crippen molar-refractivity contribution in [2.75, 3.05) is 5.73 Å². The van der Waals surface area contributed by atoms with Gasteiger partial charge in [0.15, 0.2) is 0 Å². The summed E-state index contributed by atoms with van der Waals surface area (Å²) in [6.45, 7) is 2.39. The number of fused-ring (bicyclic) bond motifs is 1. The topological polar surface area (TPSA) is 77.1 Å². The summed E-state index contributed by atoms with van der Waals surface area (Å²) in [5.41, 5.74) is 9.19. The van der Waals surface area contributed by atoms with E-state index >= 15 is 0 Å². The first-order valence-electron chi connectivity index (χ1n) is 10.2. The number of nitrogens with one attached hydrogen (secondary N) is 1. The fourth-order valence-corrected chi connectivity index (χ4v) is 6.17. The van der Waals surface area contributed by atoms with E-state index in [0.717, 1.165) is 22.0 Å². The van der Waals surface area contributed by atoms with E-state index in [1.165, 1.54) is 12.1 Å². The lowest BCUT2D eigenvalue weighted by atomic mass is 10.1. The fourth-order valence-electron chi connectivity index (χ4n) is 3.87. The third kappa shape index (κ3) is 4.50. The summed E-state index contributed by atoms with van der Waals surface area (Å²) in [5.74, 6) is 0. The van der Waals surface area contributed by atoms with E-state index in [0.29, 0.717) is 13.0 Å². The molecule has 0 bridgehead atoms. The second-order valence-corrected chi connectivity index (χ2v) is 10.1. The summed E-state index contributed by atoms with van der Waals surface area (Å²) in [6.07, 6.45) is 2.65. The van der Waals surface area contributed by atoms with Crippen molar-refractivity contribution in [3.63, 3.8) is 0 Å². The van der Waals surface area contributed by atoms with Crippen LogP contribution in [-0.4, -0.2) is 19.0 Å². The van der Waals surface area contributed by atoms with Crippen molar-refractivity contribution in [1.29, 1.82) is 0 Å². The highest BCUT2D eigenvalue weighted by atomic mass is 35.5. The van der Waals surface area contributed by atoms with Gasteiger partial charge in [0, 0.05) is 40.3 Å². The summed E-state index contributed by atoms with van der Waals surface area (Å²) in [6, 6.07) is 20.6. The van der Waals surface area contributed by atoms with Crippen molar-refractivity contribution in [2.24, 2.45) is 0 Å². The van der Waals surface area contributed by atoms with Crippen molar-refractivity contribution in [3.8, 4) is 11.1 Å². The number of nitrogens with zero attached hydrogens (tertiary/aromatic N) is 1. The zero-order valence-electron chi connectivity index (χ0n) is 17.4. The first-order valence-corrected chi connectivity index (χ1v) is 12.4. The highest BCUT2D eigenvalue weighted by Gasteiger charge is 2.25. The number of anilines is 1. The number of benzene rings is 3. The molecular formula is C24H23Cl2N3O2S. The Hall–Kier alpha value is -2.51. The molecule has 1 atom stereocenters. The lowest BCUT2D eigenvalue weighted by Crippen LogP contribution is -2.37. The van der Waals surface area contributed by atoms with Gasteiger partial charge in [-0.3, -0.25) is 0 Å². The van der Waals surface area contributed by atoms with Gasteiger partial charge >= 0.3 is 0 Å². The molecule has 32 heavy (non-hydrogen) atoms. The lowest BCUT2D eigenvalue weighted by Gasteiger charge is -2.20. The quantitative estimate of drug-likeness (QED) is 0.316. The molecule has 0 aliphatic carbocycles. The number of halogens is 2. The van der Waals surface area contributed by atoms with Crippen molar-refractivity contribution in [3.05, 3.63) is 83.0 Å². The van der Waals surface area contributed by atoms with Crippen LogP contribution in [-0.2, 0) is 16.6 Å². The standard InChI is InChI=1S/C24H23Cl2N3O2S/c1-2-18(28-32(30,31)24-21(26)12-17(25)13-22(24)27)14-29-15-20(16-8-4-3-5-9-16)19-10-6-7-11-23(19)29/h3-13,15,18,28H,2,14,27H2,1H3/t18-/m0/s1. The Morgan fingerprint density at radius 2 is 1.72 bits per heavy atom. The second-order valence-electron chi connectivity index (χ2n) is 7.61. The Morgan fingerprint density at radius 3 is 2.41 bits per heavy atom. The molecule has 166 valence electrons. The molecule has 0 unspecified atom stereocenters. The number of rotatable bonds is 7. The molecule has 3 N–H and O–H groups in total. The highest BCUT2D eigenvalue weighted by molar-refractivity contribution is 7.89. The molecule has 0 saturated carbocycles. The van der Waals surface area contributed by atoms with Gasteiger partial charge in [-0.05, 0) is 30.2 Å². The number of nitrogens with two attached hydrogens (primary N) is 1. The fraction of sp³-hybridized carbons (Fsp3) is 0.167. The van der Waals surface area contributed by atoms with Gasteiger partial charge in [0.05, 0.1) is 10.7 Å². The third-order valence-corrected chi connectivity index (χ3v) is 7.68. The van der Waals surface area contributed by atoms with Crippen molar-refractivity contribution in [2.45, 2.75) is 30.8 Å². The molecule has 4 rings (SSSR count). The SMILES string of the molecule is CC[C@@H](Cn1cc(-c2ccccc2)c2ccccc21)NS(=O)(=O)c1c(N)cc(Cl)cc1Cl. The van der Waals surface area contributed by atoms with Crippen molar-refractivity contribution >= 4 is 49.8 Å². The molecule has 4 aromatic rings. The van der Waals surface area contributed by atoms with E-state index in [2.05, 4.69) is 33.7 Å². The van der Waals surface area contributed by atoms with Gasteiger partial charge in [-0.15, -0.1) is 0 Å². The summed E-state index contributed by atoms with van der Waals surface area (Å²) in [5, 5.41) is 1.39. The molecule has 1 heterocycles. The summed E-state index contributed by atoms with van der Waals surface area (Å²) in [4.78, 5) is -0.149. The van der Waals surface area contributed by atoms with Gasteiger partial charge < -0.3 is 10.3 Å². The number of sulfonamides is 1. The molecule has 1 aromatic heterocycles. The van der Waals surface area contributed by atoms with Gasteiger partial charge in [-0.25, -0.2) is 13.1 Å². The number of aromatic nitrogens is 1. The first kappa shape index (κ1) is 22.7. The molecule has 3 aromatic carbocycles. The van der Waals surface area contributed by atoms with Crippen LogP contribution >= 0.6 is 23.2 Å².